The third-order valence-electron chi connectivity index (χ3n) is 1.74. The van der Waals surface area contributed by atoms with E-state index in [1.165, 1.54) is 11.9 Å². The van der Waals surface area contributed by atoms with E-state index in [2.05, 4.69) is 25.5 Å². The molecule has 0 aromatic rings. The number of urea groups is 1. The number of nitrogens with zero attached hydrogens (tertiary/aromatic N) is 1. The van der Waals surface area contributed by atoms with Gasteiger partial charge in [0.2, 0.25) is 0 Å². The SMILES string of the molecule is CC(C)(C)SNC(=O)N1CCOCC1. The molecule has 1 heterocycles. The Morgan fingerprint density at radius 2 is 1.93 bits per heavy atom. The summed E-state index contributed by atoms with van der Waals surface area (Å²) in [6.07, 6.45) is 0. The second-order valence-corrected chi connectivity index (χ2v) is 5.85. The van der Waals surface area contributed by atoms with Crippen LogP contribution in [0.3, 0.4) is 0 Å². The molecule has 14 heavy (non-hydrogen) atoms. The summed E-state index contributed by atoms with van der Waals surface area (Å²) in [4.78, 5) is 13.4. The van der Waals surface area contributed by atoms with Crippen molar-refractivity contribution in [3.05, 3.63) is 0 Å². The first kappa shape index (κ1) is 11.7. The lowest BCUT2D eigenvalue weighted by atomic mass is 10.3. The molecule has 2 amide bonds. The van der Waals surface area contributed by atoms with Crippen LogP contribution in [0.1, 0.15) is 20.8 Å². The average Bonchev–Trinajstić information content (AvgIpc) is 2.14. The van der Waals surface area contributed by atoms with Gasteiger partial charge in [0.1, 0.15) is 0 Å². The lowest BCUT2D eigenvalue weighted by Gasteiger charge is -2.28. The maximum absolute atomic E-state index is 11.6. The molecule has 1 rings (SSSR count). The van der Waals surface area contributed by atoms with Crippen molar-refractivity contribution < 1.29 is 9.53 Å². The first-order chi connectivity index (χ1) is 6.49. The van der Waals surface area contributed by atoms with Crippen LogP contribution in [0.4, 0.5) is 4.79 Å². The molecule has 82 valence electrons. The first-order valence-corrected chi connectivity index (χ1v) is 5.61. The van der Waals surface area contributed by atoms with Gasteiger partial charge in [0.05, 0.1) is 13.2 Å². The van der Waals surface area contributed by atoms with Gasteiger partial charge in [-0.3, -0.25) is 4.72 Å². The molecule has 0 spiro atoms. The van der Waals surface area contributed by atoms with E-state index in [0.29, 0.717) is 26.3 Å². The van der Waals surface area contributed by atoms with Crippen molar-refractivity contribution >= 4 is 18.0 Å². The molecule has 1 fully saturated rings. The number of hydrogen-bond donors (Lipinski definition) is 1. The fraction of sp³-hybridized carbons (Fsp3) is 0.889. The lowest BCUT2D eigenvalue weighted by molar-refractivity contribution is 0.0546. The number of carbonyl (C=O) groups is 1. The van der Waals surface area contributed by atoms with Crippen LogP contribution in [0.25, 0.3) is 0 Å². The quantitative estimate of drug-likeness (QED) is 0.678. The molecule has 1 aliphatic heterocycles. The Balaban J connectivity index is 2.27. The molecule has 0 atom stereocenters. The van der Waals surface area contributed by atoms with Crippen molar-refractivity contribution in [2.45, 2.75) is 25.5 Å². The fourth-order valence-electron chi connectivity index (χ4n) is 1.03. The minimum Gasteiger partial charge on any atom is -0.378 e. The van der Waals surface area contributed by atoms with Crippen molar-refractivity contribution in [2.24, 2.45) is 0 Å². The summed E-state index contributed by atoms with van der Waals surface area (Å²) < 4.78 is 8.06. The van der Waals surface area contributed by atoms with Crippen molar-refractivity contribution in [1.29, 1.82) is 0 Å². The predicted octanol–water partition coefficient (Wildman–Crippen LogP) is 1.47. The Morgan fingerprint density at radius 1 is 1.36 bits per heavy atom. The monoisotopic (exact) mass is 218 g/mol. The summed E-state index contributed by atoms with van der Waals surface area (Å²) in [5.74, 6) is 0. The molecule has 5 heteroatoms. The van der Waals surface area contributed by atoms with Gasteiger partial charge in [0, 0.05) is 17.8 Å². The molecule has 1 N–H and O–H groups in total. The second kappa shape index (κ2) is 4.89. The summed E-state index contributed by atoms with van der Waals surface area (Å²) in [7, 11) is 0. The molecule has 0 aromatic carbocycles. The molecule has 1 saturated heterocycles. The number of hydrogen-bond acceptors (Lipinski definition) is 3. The van der Waals surface area contributed by atoms with Gasteiger partial charge in [-0.2, -0.15) is 0 Å². The summed E-state index contributed by atoms with van der Waals surface area (Å²) in [5, 5.41) is 0. The molecule has 0 radical (unpaired) electrons. The van der Waals surface area contributed by atoms with Crippen LogP contribution in [-0.2, 0) is 4.74 Å². The number of ether oxygens (including phenoxy) is 1. The Bertz CT molecular complexity index is 197. The Hall–Kier alpha value is -0.420. The number of rotatable bonds is 1. The number of amides is 2. The van der Waals surface area contributed by atoms with Crippen molar-refractivity contribution in [3.63, 3.8) is 0 Å². The van der Waals surface area contributed by atoms with Gasteiger partial charge in [0.25, 0.3) is 0 Å². The fourth-order valence-corrected chi connectivity index (χ4v) is 1.55. The first-order valence-electron chi connectivity index (χ1n) is 4.80. The van der Waals surface area contributed by atoms with E-state index in [4.69, 9.17) is 4.74 Å². The molecular formula is C9H18N2O2S. The highest BCUT2D eigenvalue weighted by Gasteiger charge is 2.19. The molecule has 0 saturated carbocycles. The Morgan fingerprint density at radius 3 is 2.43 bits per heavy atom. The highest BCUT2D eigenvalue weighted by Crippen LogP contribution is 2.19. The van der Waals surface area contributed by atoms with E-state index in [1.54, 1.807) is 4.90 Å². The minimum atomic E-state index is -0.00627. The number of carbonyl (C=O) groups excluding carboxylic acids is 1. The van der Waals surface area contributed by atoms with Crippen LogP contribution in [0.2, 0.25) is 0 Å². The highest BCUT2D eigenvalue weighted by molar-refractivity contribution is 7.99. The smallest absolute Gasteiger partial charge is 0.327 e. The van der Waals surface area contributed by atoms with Gasteiger partial charge in [0.15, 0.2) is 0 Å². The molecular weight excluding hydrogens is 200 g/mol. The van der Waals surface area contributed by atoms with Crippen LogP contribution in [0.15, 0.2) is 0 Å². The summed E-state index contributed by atoms with van der Waals surface area (Å²) >= 11 is 1.45. The van der Waals surface area contributed by atoms with E-state index in [9.17, 15) is 4.79 Å². The summed E-state index contributed by atoms with van der Waals surface area (Å²) in [6.45, 7) is 8.88. The third kappa shape index (κ3) is 4.19. The lowest BCUT2D eigenvalue weighted by Crippen LogP contribution is -2.45. The highest BCUT2D eigenvalue weighted by atomic mass is 32.2. The summed E-state index contributed by atoms with van der Waals surface area (Å²) in [5.41, 5.74) is 0. The number of nitrogens with one attached hydrogen (secondary N) is 1. The van der Waals surface area contributed by atoms with E-state index < -0.39 is 0 Å². The van der Waals surface area contributed by atoms with E-state index in [1.807, 2.05) is 0 Å². The predicted molar refractivity (Wildman–Crippen MR) is 58.3 cm³/mol. The van der Waals surface area contributed by atoms with Gasteiger partial charge in [-0.25, -0.2) is 4.79 Å². The van der Waals surface area contributed by atoms with Crippen molar-refractivity contribution in [3.8, 4) is 0 Å². The zero-order chi connectivity index (χ0) is 10.6. The minimum absolute atomic E-state index is 0.00627. The van der Waals surface area contributed by atoms with Crippen LogP contribution < -0.4 is 4.72 Å². The van der Waals surface area contributed by atoms with Gasteiger partial charge in [-0.15, -0.1) is 0 Å². The standard InChI is InChI=1S/C9H18N2O2S/c1-9(2,3)14-10-8(12)11-4-6-13-7-5-11/h4-7H2,1-3H3,(H,10,12). The Labute approximate surface area is 89.5 Å². The zero-order valence-electron chi connectivity index (χ0n) is 9.00. The van der Waals surface area contributed by atoms with Crippen LogP contribution in [0.5, 0.6) is 0 Å². The Kier molecular flexibility index (Phi) is 4.07. The van der Waals surface area contributed by atoms with Crippen LogP contribution >= 0.6 is 11.9 Å². The van der Waals surface area contributed by atoms with Crippen LogP contribution in [-0.4, -0.2) is 42.0 Å². The maximum Gasteiger partial charge on any atom is 0.327 e. The van der Waals surface area contributed by atoms with Crippen molar-refractivity contribution in [2.75, 3.05) is 26.3 Å². The molecule has 0 aliphatic carbocycles. The van der Waals surface area contributed by atoms with Gasteiger partial charge >= 0.3 is 6.03 Å². The molecule has 1 aliphatic rings. The second-order valence-electron chi connectivity index (χ2n) is 4.22. The third-order valence-corrected chi connectivity index (χ3v) is 2.63. The van der Waals surface area contributed by atoms with E-state index in [0.717, 1.165) is 0 Å². The van der Waals surface area contributed by atoms with E-state index >= 15 is 0 Å². The normalized spacial score (nSPS) is 18.1. The molecule has 0 bridgehead atoms. The molecule has 4 nitrogen and oxygen atoms in total. The van der Waals surface area contributed by atoms with Gasteiger partial charge in [-0.05, 0) is 32.7 Å². The topological polar surface area (TPSA) is 41.6 Å². The molecule has 0 aromatic heterocycles. The number of morpholine rings is 1. The van der Waals surface area contributed by atoms with Gasteiger partial charge in [-0.1, -0.05) is 0 Å². The molecule has 0 unspecified atom stereocenters. The average molecular weight is 218 g/mol. The van der Waals surface area contributed by atoms with E-state index in [-0.39, 0.29) is 10.8 Å². The van der Waals surface area contributed by atoms with Gasteiger partial charge < -0.3 is 9.64 Å². The zero-order valence-corrected chi connectivity index (χ0v) is 9.82. The van der Waals surface area contributed by atoms with Crippen LogP contribution in [0, 0.1) is 0 Å². The largest absolute Gasteiger partial charge is 0.378 e. The van der Waals surface area contributed by atoms with Crippen molar-refractivity contribution in [1.82, 2.24) is 9.62 Å². The maximum atomic E-state index is 11.6. The summed E-state index contributed by atoms with van der Waals surface area (Å²) in [6, 6.07) is -0.00627.